The Labute approximate surface area is 90.4 Å². The number of hydrogen-bond acceptors (Lipinski definition) is 2. The summed E-state index contributed by atoms with van der Waals surface area (Å²) in [6, 6.07) is 5.83. The Balaban J connectivity index is 0.000000531. The Morgan fingerprint density at radius 2 is 2.00 bits per heavy atom. The maximum atomic E-state index is 5.39. The standard InChI is InChI=1S/C11H8N2.C2H6/c1-3-9-5-4-6-10-7-12-13-8(2)11(9)10;1-2/h1,4-7H,2H3;1-2H3. The molecule has 2 aromatic rings. The molecule has 0 bridgehead atoms. The van der Waals surface area contributed by atoms with Gasteiger partial charge in [-0.3, -0.25) is 0 Å². The van der Waals surface area contributed by atoms with Gasteiger partial charge in [-0.1, -0.05) is 31.9 Å². The van der Waals surface area contributed by atoms with Gasteiger partial charge in [0.25, 0.3) is 0 Å². The van der Waals surface area contributed by atoms with Gasteiger partial charge < -0.3 is 0 Å². The van der Waals surface area contributed by atoms with Crippen LogP contribution < -0.4 is 0 Å². The molecule has 0 aliphatic rings. The molecule has 76 valence electrons. The molecule has 0 aliphatic heterocycles. The van der Waals surface area contributed by atoms with Crippen molar-refractivity contribution < 1.29 is 0 Å². The van der Waals surface area contributed by atoms with Crippen LogP contribution in [0, 0.1) is 19.3 Å². The number of nitrogens with zero attached hydrogens (tertiary/aromatic N) is 2. The Morgan fingerprint density at radius 3 is 2.67 bits per heavy atom. The summed E-state index contributed by atoms with van der Waals surface area (Å²) in [6.45, 7) is 5.91. The van der Waals surface area contributed by atoms with E-state index in [-0.39, 0.29) is 0 Å². The van der Waals surface area contributed by atoms with E-state index in [0.717, 1.165) is 22.0 Å². The van der Waals surface area contributed by atoms with Gasteiger partial charge in [-0.2, -0.15) is 10.2 Å². The van der Waals surface area contributed by atoms with Gasteiger partial charge in [0.05, 0.1) is 11.9 Å². The summed E-state index contributed by atoms with van der Waals surface area (Å²) in [4.78, 5) is 0. The van der Waals surface area contributed by atoms with Crippen LogP contribution in [0.3, 0.4) is 0 Å². The van der Waals surface area contributed by atoms with E-state index in [9.17, 15) is 0 Å². The zero-order chi connectivity index (χ0) is 11.3. The lowest BCUT2D eigenvalue weighted by molar-refractivity contribution is 1.00. The minimum absolute atomic E-state index is 0.880. The highest BCUT2D eigenvalue weighted by atomic mass is 15.1. The van der Waals surface area contributed by atoms with Crippen molar-refractivity contribution in [3.63, 3.8) is 0 Å². The van der Waals surface area contributed by atoms with Crippen molar-refractivity contribution in [1.82, 2.24) is 10.2 Å². The van der Waals surface area contributed by atoms with Crippen LogP contribution in [0.5, 0.6) is 0 Å². The van der Waals surface area contributed by atoms with E-state index in [0.29, 0.717) is 0 Å². The third-order valence-corrected chi connectivity index (χ3v) is 2.02. The van der Waals surface area contributed by atoms with E-state index in [1.54, 1.807) is 6.20 Å². The minimum atomic E-state index is 0.880. The summed E-state index contributed by atoms with van der Waals surface area (Å²) in [5, 5.41) is 9.91. The first kappa shape index (κ1) is 11.2. The van der Waals surface area contributed by atoms with Gasteiger partial charge in [0.15, 0.2) is 0 Å². The molecule has 0 radical (unpaired) electrons. The topological polar surface area (TPSA) is 25.8 Å². The third kappa shape index (κ3) is 2.13. The van der Waals surface area contributed by atoms with Crippen LogP contribution in [0.2, 0.25) is 0 Å². The second-order valence-electron chi connectivity index (χ2n) is 2.84. The second kappa shape index (κ2) is 5.11. The highest BCUT2D eigenvalue weighted by Gasteiger charge is 2.01. The maximum Gasteiger partial charge on any atom is 0.0690 e. The number of benzene rings is 1. The smallest absolute Gasteiger partial charge is 0.0690 e. The third-order valence-electron chi connectivity index (χ3n) is 2.02. The number of aryl methyl sites for hydroxylation is 1. The van der Waals surface area contributed by atoms with Gasteiger partial charge in [0, 0.05) is 16.3 Å². The molecule has 2 nitrogen and oxygen atoms in total. The van der Waals surface area contributed by atoms with Crippen LogP contribution in [-0.4, -0.2) is 10.2 Å². The number of rotatable bonds is 0. The van der Waals surface area contributed by atoms with E-state index in [4.69, 9.17) is 6.42 Å². The highest BCUT2D eigenvalue weighted by Crippen LogP contribution is 2.18. The first-order valence-corrected chi connectivity index (χ1v) is 5.00. The highest BCUT2D eigenvalue weighted by molar-refractivity contribution is 5.89. The number of fused-ring (bicyclic) bond motifs is 1. The summed E-state index contributed by atoms with van der Waals surface area (Å²) < 4.78 is 0. The molecule has 1 heterocycles. The van der Waals surface area contributed by atoms with Crippen molar-refractivity contribution in [1.29, 1.82) is 0 Å². The zero-order valence-electron chi connectivity index (χ0n) is 9.28. The fourth-order valence-electron chi connectivity index (χ4n) is 1.43. The van der Waals surface area contributed by atoms with E-state index in [1.807, 2.05) is 39.0 Å². The van der Waals surface area contributed by atoms with Crippen molar-refractivity contribution in [2.75, 3.05) is 0 Å². The predicted octanol–water partition coefficient (Wildman–Crippen LogP) is 2.95. The van der Waals surface area contributed by atoms with Crippen LogP contribution in [0.25, 0.3) is 10.8 Å². The molecule has 0 aliphatic carbocycles. The van der Waals surface area contributed by atoms with E-state index >= 15 is 0 Å². The maximum absolute atomic E-state index is 5.39. The molecule has 0 amide bonds. The lowest BCUT2D eigenvalue weighted by Crippen LogP contribution is -1.90. The molecular weight excluding hydrogens is 184 g/mol. The van der Waals surface area contributed by atoms with Gasteiger partial charge in [0.2, 0.25) is 0 Å². The van der Waals surface area contributed by atoms with Crippen LogP contribution in [0.4, 0.5) is 0 Å². The summed E-state index contributed by atoms with van der Waals surface area (Å²) >= 11 is 0. The lowest BCUT2D eigenvalue weighted by Gasteiger charge is -2.01. The van der Waals surface area contributed by atoms with Gasteiger partial charge in [-0.15, -0.1) is 6.42 Å². The fourth-order valence-corrected chi connectivity index (χ4v) is 1.43. The number of hydrogen-bond donors (Lipinski definition) is 0. The molecule has 2 heteroatoms. The van der Waals surface area contributed by atoms with Crippen molar-refractivity contribution in [2.24, 2.45) is 0 Å². The molecule has 0 spiro atoms. The summed E-state index contributed by atoms with van der Waals surface area (Å²) in [5.41, 5.74) is 1.76. The Hall–Kier alpha value is -1.88. The molecule has 0 atom stereocenters. The molecule has 1 aromatic heterocycles. The average Bonchev–Trinajstić information content (AvgIpc) is 2.31. The first-order valence-electron chi connectivity index (χ1n) is 5.00. The first-order chi connectivity index (χ1) is 7.33. The zero-order valence-corrected chi connectivity index (χ0v) is 9.28. The Bertz CT molecular complexity index is 490. The van der Waals surface area contributed by atoms with Gasteiger partial charge in [0.1, 0.15) is 0 Å². The van der Waals surface area contributed by atoms with Gasteiger partial charge in [-0.25, -0.2) is 0 Å². The Morgan fingerprint density at radius 1 is 1.27 bits per heavy atom. The molecule has 0 saturated heterocycles. The van der Waals surface area contributed by atoms with Crippen LogP contribution in [0.15, 0.2) is 24.4 Å². The normalized spacial score (nSPS) is 8.93. The molecule has 2 rings (SSSR count). The van der Waals surface area contributed by atoms with E-state index in [2.05, 4.69) is 16.1 Å². The lowest BCUT2D eigenvalue weighted by atomic mass is 10.1. The van der Waals surface area contributed by atoms with Gasteiger partial charge >= 0.3 is 0 Å². The molecule has 0 N–H and O–H groups in total. The second-order valence-corrected chi connectivity index (χ2v) is 2.84. The van der Waals surface area contributed by atoms with E-state index < -0.39 is 0 Å². The molecule has 15 heavy (non-hydrogen) atoms. The Kier molecular flexibility index (Phi) is 3.82. The van der Waals surface area contributed by atoms with Crippen LogP contribution >= 0.6 is 0 Å². The van der Waals surface area contributed by atoms with E-state index in [1.165, 1.54) is 0 Å². The van der Waals surface area contributed by atoms with Crippen molar-refractivity contribution in [3.8, 4) is 12.3 Å². The number of aromatic nitrogens is 2. The molecular formula is C13H14N2. The van der Waals surface area contributed by atoms with Crippen LogP contribution in [0.1, 0.15) is 25.1 Å². The predicted molar refractivity (Wildman–Crippen MR) is 63.6 cm³/mol. The van der Waals surface area contributed by atoms with Crippen LogP contribution in [-0.2, 0) is 0 Å². The SMILES string of the molecule is C#Cc1cccc2cnnc(C)c12.CC. The van der Waals surface area contributed by atoms with Crippen molar-refractivity contribution >= 4 is 10.8 Å². The molecule has 0 unspecified atom stereocenters. The summed E-state index contributed by atoms with van der Waals surface area (Å²) in [5.74, 6) is 2.64. The summed E-state index contributed by atoms with van der Waals surface area (Å²) in [6.07, 6.45) is 7.11. The number of terminal acetylenes is 1. The molecule has 1 aromatic carbocycles. The largest absolute Gasteiger partial charge is 0.158 e. The van der Waals surface area contributed by atoms with Gasteiger partial charge in [-0.05, 0) is 13.0 Å². The minimum Gasteiger partial charge on any atom is -0.158 e. The summed E-state index contributed by atoms with van der Waals surface area (Å²) in [7, 11) is 0. The molecule has 0 saturated carbocycles. The average molecular weight is 198 g/mol. The van der Waals surface area contributed by atoms with Crippen molar-refractivity contribution in [2.45, 2.75) is 20.8 Å². The molecule has 0 fully saturated rings. The fraction of sp³-hybridized carbons (Fsp3) is 0.231. The van der Waals surface area contributed by atoms with Crippen molar-refractivity contribution in [3.05, 3.63) is 35.7 Å². The monoisotopic (exact) mass is 198 g/mol. The quantitative estimate of drug-likeness (QED) is 0.608.